The lowest BCUT2D eigenvalue weighted by Gasteiger charge is -2.31. The van der Waals surface area contributed by atoms with Crippen molar-refractivity contribution in [2.75, 3.05) is 33.5 Å². The molecule has 0 aromatic heterocycles. The molecule has 12 nitrogen and oxygen atoms in total. The number of aldehydes is 1. The van der Waals surface area contributed by atoms with Gasteiger partial charge in [0.25, 0.3) is 6.47 Å². The number of phenolic OH excluding ortho intramolecular Hbond substituents is 3. The summed E-state index contributed by atoms with van der Waals surface area (Å²) < 4.78 is 21.8. The molecule has 0 amide bonds. The van der Waals surface area contributed by atoms with Crippen LogP contribution in [-0.4, -0.2) is 78.7 Å². The smallest absolute Gasteiger partial charge is 0.306 e. The van der Waals surface area contributed by atoms with Gasteiger partial charge in [0.1, 0.15) is 43.4 Å². The van der Waals surface area contributed by atoms with Crippen LogP contribution in [0.2, 0.25) is 0 Å². The first kappa shape index (κ1) is 80.4. The van der Waals surface area contributed by atoms with Gasteiger partial charge < -0.3 is 44.2 Å². The van der Waals surface area contributed by atoms with E-state index in [-0.39, 0.29) is 88.3 Å². The van der Waals surface area contributed by atoms with E-state index < -0.39 is 17.4 Å². The minimum atomic E-state index is -1.11. The third kappa shape index (κ3) is 26.4. The average Bonchev–Trinajstić information content (AvgIpc) is 1.08. The van der Waals surface area contributed by atoms with Crippen LogP contribution in [0.3, 0.4) is 0 Å². The van der Waals surface area contributed by atoms with Crippen molar-refractivity contribution in [3.05, 3.63) is 109 Å². The van der Waals surface area contributed by atoms with Gasteiger partial charge in [0.05, 0.1) is 17.8 Å². The molecular weight excluding hydrogens is 1100 g/mol. The highest BCUT2D eigenvalue weighted by atomic mass is 16.6. The molecule has 4 N–H and O–H groups in total. The number of phenols is 3. The number of carbonyl (C=O) groups is 4. The number of hydrogen-bond acceptors (Lipinski definition) is 12. The summed E-state index contributed by atoms with van der Waals surface area (Å²) >= 11 is 0. The van der Waals surface area contributed by atoms with E-state index in [1.807, 2.05) is 93.5 Å². The normalized spacial score (nSPS) is 13.9. The maximum absolute atomic E-state index is 13.0. The summed E-state index contributed by atoms with van der Waals surface area (Å²) in [5, 5.41) is 43.2. The van der Waals surface area contributed by atoms with E-state index >= 15 is 0 Å². The van der Waals surface area contributed by atoms with Gasteiger partial charge in [-0.3, -0.25) is 14.4 Å². The van der Waals surface area contributed by atoms with E-state index in [0.717, 1.165) is 87.6 Å². The maximum Gasteiger partial charge on any atom is 0.306 e. The highest BCUT2D eigenvalue weighted by Crippen LogP contribution is 2.44. The fourth-order valence-electron chi connectivity index (χ4n) is 10.2. The first-order valence-electron chi connectivity index (χ1n) is 31.9. The summed E-state index contributed by atoms with van der Waals surface area (Å²) in [6.45, 7) is 54.1. The zero-order valence-electron chi connectivity index (χ0n) is 60.2. The van der Waals surface area contributed by atoms with Crippen LogP contribution in [-0.2, 0) is 89.9 Å². The second-order valence-corrected chi connectivity index (χ2v) is 32.6. The van der Waals surface area contributed by atoms with Crippen molar-refractivity contribution in [3.63, 3.8) is 0 Å². The number of esters is 2. The molecule has 3 aromatic carbocycles. The fourth-order valence-corrected chi connectivity index (χ4v) is 10.2. The van der Waals surface area contributed by atoms with Gasteiger partial charge in [-0.05, 0) is 132 Å². The molecule has 88 heavy (non-hydrogen) atoms. The number of allylic oxidation sites excluding steroid dienone is 4. The summed E-state index contributed by atoms with van der Waals surface area (Å²) in [5.74, 6) is 0.581. The molecule has 1 unspecified atom stereocenters. The molecule has 1 atom stereocenters. The van der Waals surface area contributed by atoms with Gasteiger partial charge in [0.15, 0.2) is 0 Å². The molecule has 0 radical (unpaired) electrons. The van der Waals surface area contributed by atoms with E-state index in [1.165, 1.54) is 12.7 Å². The highest BCUT2D eigenvalue weighted by Gasteiger charge is 2.36. The summed E-state index contributed by atoms with van der Waals surface area (Å²) in [6.07, 6.45) is 8.87. The van der Waals surface area contributed by atoms with E-state index in [1.54, 1.807) is 0 Å². The van der Waals surface area contributed by atoms with Crippen molar-refractivity contribution >= 4 is 24.7 Å². The van der Waals surface area contributed by atoms with E-state index in [9.17, 15) is 39.6 Å². The van der Waals surface area contributed by atoms with Crippen molar-refractivity contribution in [1.82, 2.24) is 0 Å². The Morgan fingerprint density at radius 3 is 1.22 bits per heavy atom. The van der Waals surface area contributed by atoms with Crippen LogP contribution in [0.5, 0.6) is 17.2 Å². The van der Waals surface area contributed by atoms with Crippen molar-refractivity contribution in [3.8, 4) is 17.2 Å². The van der Waals surface area contributed by atoms with Crippen LogP contribution < -0.4 is 0 Å². The van der Waals surface area contributed by atoms with E-state index in [2.05, 4.69) is 129 Å². The molecule has 0 aliphatic rings. The number of aromatic hydroxyl groups is 3. The number of rotatable bonds is 24. The molecule has 3 rings (SSSR count). The van der Waals surface area contributed by atoms with E-state index in [4.69, 9.17) is 18.9 Å². The molecule has 0 heterocycles. The van der Waals surface area contributed by atoms with Gasteiger partial charge in [-0.2, -0.15) is 0 Å². The Hall–Kier alpha value is -5.62. The Balaban J connectivity index is 0.000000822. The van der Waals surface area contributed by atoms with Crippen LogP contribution in [0.15, 0.2) is 59.4 Å². The standard InChI is InChI=1S/C41H66O9.C18H28O2.C17H28O/c1-28(19-30(38(5,6)7)33(43)22-37(2,3)4)15-17-34(44)49-25-41(23-47-14,24-48-27-42)26-50-35(45)18-16-29-20-31(39(8,9)10)36(46)32(21-29)40(11,12)13;1-7-18(5,6)15-12-13(9-8-10-19)11-14(16(15)20)17(2,3)4;1-8-9-12-10-13(16(2,3)4)15(18)14(11-12)17(5,6)7/h19-21,27,43,46H,15-18,22-26H2,1-14H3;10-12,20H,7-9H2,1-6H3;10-11,18H,8-9H2,1-7H3/b28-19+,33-30-;;. The molecule has 0 aliphatic heterocycles. The molecule has 0 saturated heterocycles. The number of carbonyl (C=O) groups excluding carboxylic acids is 4. The van der Waals surface area contributed by atoms with Gasteiger partial charge in [0.2, 0.25) is 0 Å². The first-order valence-corrected chi connectivity index (χ1v) is 31.9. The fraction of sp³-hybridized carbons (Fsp3) is 0.658. The lowest BCUT2D eigenvalue weighted by Crippen LogP contribution is -2.42. The van der Waals surface area contributed by atoms with Gasteiger partial charge >= 0.3 is 11.9 Å². The Bertz CT molecular complexity index is 2740. The topological polar surface area (TPSA) is 186 Å². The predicted octanol–water partition coefficient (Wildman–Crippen LogP) is 18.3. The summed E-state index contributed by atoms with van der Waals surface area (Å²) in [4.78, 5) is 47.7. The average molecular weight is 1230 g/mol. The van der Waals surface area contributed by atoms with Crippen LogP contribution in [0, 0.1) is 16.2 Å². The molecule has 0 fully saturated rings. The summed E-state index contributed by atoms with van der Waals surface area (Å²) in [6, 6.07) is 12.3. The third-order valence-corrected chi connectivity index (χ3v) is 15.8. The largest absolute Gasteiger partial charge is 0.512 e. The van der Waals surface area contributed by atoms with Crippen LogP contribution >= 0.6 is 0 Å². The van der Waals surface area contributed by atoms with Crippen molar-refractivity contribution < 1.29 is 58.6 Å². The molecule has 3 aromatic rings. The molecule has 0 spiro atoms. The second-order valence-electron chi connectivity index (χ2n) is 32.6. The maximum atomic E-state index is 13.0. The van der Waals surface area contributed by atoms with Gasteiger partial charge in [-0.15, -0.1) is 0 Å². The van der Waals surface area contributed by atoms with Crippen LogP contribution in [0.25, 0.3) is 0 Å². The predicted molar refractivity (Wildman–Crippen MR) is 362 cm³/mol. The zero-order valence-corrected chi connectivity index (χ0v) is 60.2. The van der Waals surface area contributed by atoms with Gasteiger partial charge in [-0.1, -0.05) is 228 Å². The third-order valence-electron chi connectivity index (χ3n) is 15.8. The lowest BCUT2D eigenvalue weighted by atomic mass is 9.76. The van der Waals surface area contributed by atoms with Gasteiger partial charge in [-0.25, -0.2) is 0 Å². The highest BCUT2D eigenvalue weighted by molar-refractivity contribution is 5.70. The minimum absolute atomic E-state index is 0.00890. The van der Waals surface area contributed by atoms with Gasteiger partial charge in [0, 0.05) is 38.4 Å². The monoisotopic (exact) mass is 1230 g/mol. The Labute approximate surface area is 534 Å². The summed E-state index contributed by atoms with van der Waals surface area (Å²) in [7, 11) is 1.47. The van der Waals surface area contributed by atoms with Crippen molar-refractivity contribution in [2.45, 2.75) is 277 Å². The van der Waals surface area contributed by atoms with Crippen molar-refractivity contribution in [2.24, 2.45) is 16.2 Å². The molecule has 498 valence electrons. The number of hydrogen-bond donors (Lipinski definition) is 4. The Morgan fingerprint density at radius 1 is 0.500 bits per heavy atom. The van der Waals surface area contributed by atoms with E-state index in [0.29, 0.717) is 49.4 Å². The summed E-state index contributed by atoms with van der Waals surface area (Å²) in [5.41, 5.74) is 8.58. The Morgan fingerprint density at radius 2 is 0.875 bits per heavy atom. The number of aliphatic hydroxyl groups is 1. The molecule has 0 saturated carbocycles. The number of aryl methyl sites for hydroxylation is 3. The van der Waals surface area contributed by atoms with Crippen LogP contribution in [0.1, 0.15) is 275 Å². The minimum Gasteiger partial charge on any atom is -0.512 e. The lowest BCUT2D eigenvalue weighted by molar-refractivity contribution is -0.162. The second kappa shape index (κ2) is 32.9. The molecule has 0 aliphatic carbocycles. The molecule has 12 heteroatoms. The Kier molecular flexibility index (Phi) is 30.1. The zero-order chi connectivity index (χ0) is 68.4. The molecular formula is C76H122O12. The molecule has 0 bridgehead atoms. The number of aliphatic hydroxyl groups excluding tert-OH is 1. The number of methoxy groups -OCH3 is 1. The quantitative estimate of drug-likeness (QED) is 0.0219. The SMILES string of the molecule is CCC(C)(C)c1cc(CCC=O)cc(C(C)(C)C)c1O.CCCc1cc(C(C)(C)C)c(O)c(C(C)(C)C)c1.COCC(COC=O)(COC(=O)CC/C(C)=C/C(=C(/O)CC(C)(C)C)C(C)(C)C)COC(=O)CCc1cc(C(C)(C)C)c(O)c(C(C)(C)C)c1. The first-order chi connectivity index (χ1) is 39.9. The van der Waals surface area contributed by atoms with Crippen molar-refractivity contribution in [1.29, 1.82) is 0 Å². The number of benzene rings is 3. The number of ether oxygens (including phenoxy) is 4. The van der Waals surface area contributed by atoms with Crippen LogP contribution in [0.4, 0.5) is 0 Å².